The second kappa shape index (κ2) is 6.33. The van der Waals surface area contributed by atoms with Gasteiger partial charge in [0, 0.05) is 19.2 Å². The average molecular weight is 296 g/mol. The first-order valence-electron chi connectivity index (χ1n) is 4.30. The largest absolute Gasteiger partial charge is 0.487 e. The number of methoxy groups -OCH3 is 2. The predicted molar refractivity (Wildman–Crippen MR) is 62.5 cm³/mol. The van der Waals surface area contributed by atoms with Crippen LogP contribution in [0.2, 0.25) is 5.02 Å². The quantitative estimate of drug-likeness (QED) is 0.781. The zero-order chi connectivity index (χ0) is 11.3. The molecular weight excluding hydrogens is 283 g/mol. The minimum atomic E-state index is -0.368. The lowest BCUT2D eigenvalue weighted by Crippen LogP contribution is -2.22. The van der Waals surface area contributed by atoms with Gasteiger partial charge in [-0.25, -0.2) is 0 Å². The van der Waals surface area contributed by atoms with E-state index in [1.165, 1.54) is 0 Å². The maximum Gasteiger partial charge on any atom is 0.191 e. The van der Waals surface area contributed by atoms with Gasteiger partial charge in [-0.05, 0) is 34.1 Å². The van der Waals surface area contributed by atoms with Crippen LogP contribution in [-0.2, 0) is 9.47 Å². The number of rotatable bonds is 5. The molecule has 0 unspecified atom stereocenters. The Hall–Kier alpha value is -0.290. The molecule has 0 atom stereocenters. The molecular formula is C10H12BrClO3. The summed E-state index contributed by atoms with van der Waals surface area (Å²) in [5.74, 6) is 0.707. The molecule has 0 amide bonds. The Labute approximate surface area is 102 Å². The van der Waals surface area contributed by atoms with Crippen LogP contribution in [0.4, 0.5) is 0 Å². The molecule has 0 aliphatic rings. The zero-order valence-corrected chi connectivity index (χ0v) is 10.8. The molecule has 0 aliphatic carbocycles. The van der Waals surface area contributed by atoms with Crippen molar-refractivity contribution < 1.29 is 14.2 Å². The first kappa shape index (κ1) is 12.8. The van der Waals surface area contributed by atoms with Crippen LogP contribution in [0, 0.1) is 0 Å². The second-order valence-corrected chi connectivity index (χ2v) is 4.08. The molecule has 0 saturated carbocycles. The minimum absolute atomic E-state index is 0.327. The summed E-state index contributed by atoms with van der Waals surface area (Å²) in [5.41, 5.74) is 0. The van der Waals surface area contributed by atoms with E-state index in [0.29, 0.717) is 17.4 Å². The molecule has 0 aliphatic heterocycles. The highest BCUT2D eigenvalue weighted by Crippen LogP contribution is 2.28. The van der Waals surface area contributed by atoms with E-state index in [1.54, 1.807) is 32.4 Å². The van der Waals surface area contributed by atoms with E-state index in [2.05, 4.69) is 15.9 Å². The molecule has 0 aromatic heterocycles. The number of hydrogen-bond donors (Lipinski definition) is 0. The summed E-state index contributed by atoms with van der Waals surface area (Å²) in [6.45, 7) is 0.327. The van der Waals surface area contributed by atoms with Gasteiger partial charge in [0.15, 0.2) is 6.29 Å². The topological polar surface area (TPSA) is 27.7 Å². The molecule has 0 fully saturated rings. The van der Waals surface area contributed by atoms with Crippen LogP contribution in [-0.4, -0.2) is 27.1 Å². The Morgan fingerprint density at radius 1 is 1.33 bits per heavy atom. The highest BCUT2D eigenvalue weighted by atomic mass is 79.9. The molecule has 15 heavy (non-hydrogen) atoms. The van der Waals surface area contributed by atoms with E-state index < -0.39 is 0 Å². The van der Waals surface area contributed by atoms with Gasteiger partial charge in [-0.15, -0.1) is 0 Å². The first-order chi connectivity index (χ1) is 7.17. The normalized spacial score (nSPS) is 10.7. The van der Waals surface area contributed by atoms with Crippen molar-refractivity contribution >= 4 is 27.5 Å². The Kier molecular flexibility index (Phi) is 5.39. The Bertz CT molecular complexity index is 316. The molecule has 0 spiro atoms. The van der Waals surface area contributed by atoms with Gasteiger partial charge >= 0.3 is 0 Å². The molecule has 0 saturated heterocycles. The van der Waals surface area contributed by atoms with Crippen LogP contribution in [0.3, 0.4) is 0 Å². The predicted octanol–water partition coefficient (Wildman–Crippen LogP) is 3.10. The summed E-state index contributed by atoms with van der Waals surface area (Å²) >= 11 is 9.15. The van der Waals surface area contributed by atoms with Crippen LogP contribution in [0.1, 0.15) is 0 Å². The third-order valence-corrected chi connectivity index (χ3v) is 2.65. The van der Waals surface area contributed by atoms with Gasteiger partial charge < -0.3 is 14.2 Å². The maximum atomic E-state index is 5.80. The SMILES string of the molecule is COC(COc1ccc(Cl)cc1Br)OC. The van der Waals surface area contributed by atoms with E-state index in [1.807, 2.05) is 0 Å². The number of benzene rings is 1. The fourth-order valence-corrected chi connectivity index (χ4v) is 1.78. The van der Waals surface area contributed by atoms with E-state index in [4.69, 9.17) is 25.8 Å². The Morgan fingerprint density at radius 2 is 2.00 bits per heavy atom. The number of hydrogen-bond acceptors (Lipinski definition) is 3. The fraction of sp³-hybridized carbons (Fsp3) is 0.400. The average Bonchev–Trinajstić information content (AvgIpc) is 2.22. The molecule has 0 bridgehead atoms. The van der Waals surface area contributed by atoms with Crippen molar-refractivity contribution in [1.82, 2.24) is 0 Å². The van der Waals surface area contributed by atoms with E-state index in [9.17, 15) is 0 Å². The molecule has 0 radical (unpaired) electrons. The zero-order valence-electron chi connectivity index (χ0n) is 8.50. The summed E-state index contributed by atoms with van der Waals surface area (Å²) in [4.78, 5) is 0. The smallest absolute Gasteiger partial charge is 0.191 e. The van der Waals surface area contributed by atoms with Gasteiger partial charge in [-0.2, -0.15) is 0 Å². The van der Waals surface area contributed by atoms with Crippen molar-refractivity contribution in [3.63, 3.8) is 0 Å². The molecule has 0 heterocycles. The van der Waals surface area contributed by atoms with Crippen molar-refractivity contribution in [3.8, 4) is 5.75 Å². The number of ether oxygens (including phenoxy) is 3. The Balaban J connectivity index is 2.57. The lowest BCUT2D eigenvalue weighted by molar-refractivity contribution is -0.122. The van der Waals surface area contributed by atoms with Crippen molar-refractivity contribution in [1.29, 1.82) is 0 Å². The monoisotopic (exact) mass is 294 g/mol. The summed E-state index contributed by atoms with van der Waals surface area (Å²) in [6.07, 6.45) is -0.368. The van der Waals surface area contributed by atoms with Gasteiger partial charge in [0.1, 0.15) is 12.4 Å². The lowest BCUT2D eigenvalue weighted by Gasteiger charge is -2.15. The van der Waals surface area contributed by atoms with Crippen molar-refractivity contribution in [2.75, 3.05) is 20.8 Å². The molecule has 1 rings (SSSR count). The first-order valence-corrected chi connectivity index (χ1v) is 5.48. The van der Waals surface area contributed by atoms with Gasteiger partial charge in [0.05, 0.1) is 4.47 Å². The van der Waals surface area contributed by atoms with Gasteiger partial charge in [-0.1, -0.05) is 11.6 Å². The highest BCUT2D eigenvalue weighted by Gasteiger charge is 2.08. The van der Waals surface area contributed by atoms with Crippen molar-refractivity contribution in [3.05, 3.63) is 27.7 Å². The van der Waals surface area contributed by atoms with Crippen LogP contribution >= 0.6 is 27.5 Å². The summed E-state index contributed by atoms with van der Waals surface area (Å²) in [5, 5.41) is 0.657. The third-order valence-electron chi connectivity index (χ3n) is 1.79. The molecule has 1 aromatic carbocycles. The summed E-state index contributed by atoms with van der Waals surface area (Å²) in [6, 6.07) is 5.32. The molecule has 0 N–H and O–H groups in total. The standard InChI is InChI=1S/C10H12BrClO3/c1-13-10(14-2)6-15-9-4-3-7(12)5-8(9)11/h3-5,10H,6H2,1-2H3. The van der Waals surface area contributed by atoms with Gasteiger partial charge in [-0.3, -0.25) is 0 Å². The summed E-state index contributed by atoms with van der Waals surface area (Å²) < 4.78 is 16.3. The number of halogens is 2. The summed E-state index contributed by atoms with van der Waals surface area (Å²) in [7, 11) is 3.13. The van der Waals surface area contributed by atoms with E-state index in [0.717, 1.165) is 4.47 Å². The maximum absolute atomic E-state index is 5.80. The van der Waals surface area contributed by atoms with Crippen LogP contribution < -0.4 is 4.74 Å². The molecule has 5 heteroatoms. The van der Waals surface area contributed by atoms with Gasteiger partial charge in [0.25, 0.3) is 0 Å². The van der Waals surface area contributed by atoms with E-state index in [-0.39, 0.29) is 6.29 Å². The third kappa shape index (κ3) is 3.99. The van der Waals surface area contributed by atoms with Crippen LogP contribution in [0.15, 0.2) is 22.7 Å². The second-order valence-electron chi connectivity index (χ2n) is 2.79. The lowest BCUT2D eigenvalue weighted by atomic mass is 10.3. The fourth-order valence-electron chi connectivity index (χ4n) is 0.982. The van der Waals surface area contributed by atoms with Crippen LogP contribution in [0.25, 0.3) is 0 Å². The van der Waals surface area contributed by atoms with Crippen molar-refractivity contribution in [2.24, 2.45) is 0 Å². The molecule has 3 nitrogen and oxygen atoms in total. The minimum Gasteiger partial charge on any atom is -0.487 e. The van der Waals surface area contributed by atoms with Crippen LogP contribution in [0.5, 0.6) is 5.75 Å². The van der Waals surface area contributed by atoms with Gasteiger partial charge in [0.2, 0.25) is 0 Å². The van der Waals surface area contributed by atoms with Crippen molar-refractivity contribution in [2.45, 2.75) is 6.29 Å². The molecule has 1 aromatic rings. The van der Waals surface area contributed by atoms with E-state index >= 15 is 0 Å². The highest BCUT2D eigenvalue weighted by molar-refractivity contribution is 9.10. The Morgan fingerprint density at radius 3 is 2.53 bits per heavy atom. The molecule has 84 valence electrons.